The van der Waals surface area contributed by atoms with Crippen LogP contribution < -0.4 is 9.47 Å². The largest absolute Gasteiger partial charge is 0.493 e. The Morgan fingerprint density at radius 3 is 2.62 bits per heavy atom. The van der Waals surface area contributed by atoms with E-state index in [0.29, 0.717) is 0 Å². The quantitative estimate of drug-likeness (QED) is 0.444. The van der Waals surface area contributed by atoms with Crippen LogP contribution in [0.2, 0.25) is 0 Å². The van der Waals surface area contributed by atoms with Crippen molar-refractivity contribution in [3.63, 3.8) is 0 Å². The third-order valence-corrected chi connectivity index (χ3v) is 3.84. The third kappa shape index (κ3) is 3.02. The highest BCUT2D eigenvalue weighted by Gasteiger charge is 2.31. The molecule has 0 fully saturated rings. The van der Waals surface area contributed by atoms with Crippen molar-refractivity contribution >= 4 is 27.6 Å². The summed E-state index contributed by atoms with van der Waals surface area (Å²) < 4.78 is 15.4. The molecule has 0 atom stereocenters. The van der Waals surface area contributed by atoms with Crippen molar-refractivity contribution in [2.24, 2.45) is 0 Å². The number of hydrogen-bond acceptors (Lipinski definition) is 8. The van der Waals surface area contributed by atoms with Gasteiger partial charge in [-0.25, -0.2) is 4.79 Å². The van der Waals surface area contributed by atoms with Gasteiger partial charge in [-0.15, -0.1) is 5.10 Å². The highest BCUT2D eigenvalue weighted by atomic mass is 79.9. The van der Waals surface area contributed by atoms with E-state index < -0.39 is 10.9 Å². The summed E-state index contributed by atoms with van der Waals surface area (Å²) in [6, 6.07) is 1.20. The highest BCUT2D eigenvalue weighted by Crippen LogP contribution is 2.47. The topological polar surface area (TPSA) is 129 Å². The van der Waals surface area contributed by atoms with Crippen molar-refractivity contribution in [3.8, 4) is 22.8 Å². The molecular weight excluding hydrogens is 388 g/mol. The van der Waals surface area contributed by atoms with Gasteiger partial charge < -0.3 is 14.2 Å². The molecule has 0 aliphatic carbocycles. The lowest BCUT2D eigenvalue weighted by molar-refractivity contribution is -0.385. The molecular formula is C13H13BrN4O6. The fourth-order valence-electron chi connectivity index (χ4n) is 2.05. The van der Waals surface area contributed by atoms with Crippen molar-refractivity contribution in [2.45, 2.75) is 6.92 Å². The van der Waals surface area contributed by atoms with Crippen molar-refractivity contribution in [1.82, 2.24) is 15.4 Å². The van der Waals surface area contributed by atoms with Gasteiger partial charge in [-0.1, -0.05) is 0 Å². The molecule has 0 spiro atoms. The molecule has 2 aromatic rings. The van der Waals surface area contributed by atoms with Gasteiger partial charge >= 0.3 is 5.97 Å². The molecule has 0 amide bonds. The molecule has 10 nitrogen and oxygen atoms in total. The molecule has 0 bridgehead atoms. The van der Waals surface area contributed by atoms with Crippen LogP contribution in [0.25, 0.3) is 11.3 Å². The second-order valence-electron chi connectivity index (χ2n) is 4.32. The number of rotatable bonds is 6. The Balaban J connectivity index is 2.79. The standard InChI is InChI=1S/C13H13BrN4O6/c1-4-24-13(19)11-10(15-17-16-11)8-9(14)6(18(20)21)5-7(22-2)12(8)23-3/h5H,4H2,1-3H3,(H,15,16,17). The van der Waals surface area contributed by atoms with E-state index in [9.17, 15) is 14.9 Å². The number of benzene rings is 1. The first kappa shape index (κ1) is 17.7. The van der Waals surface area contributed by atoms with Gasteiger partial charge in [0.05, 0.1) is 37.4 Å². The molecule has 2 rings (SSSR count). The number of methoxy groups -OCH3 is 2. The second kappa shape index (κ2) is 7.25. The van der Waals surface area contributed by atoms with E-state index >= 15 is 0 Å². The number of halogens is 1. The predicted molar refractivity (Wildman–Crippen MR) is 85.2 cm³/mol. The van der Waals surface area contributed by atoms with Crippen LogP contribution in [0.3, 0.4) is 0 Å². The van der Waals surface area contributed by atoms with Crippen molar-refractivity contribution in [1.29, 1.82) is 0 Å². The number of hydrogen-bond donors (Lipinski definition) is 1. The van der Waals surface area contributed by atoms with Crippen LogP contribution in [-0.2, 0) is 4.74 Å². The van der Waals surface area contributed by atoms with E-state index in [-0.39, 0.29) is 45.2 Å². The molecule has 24 heavy (non-hydrogen) atoms. The summed E-state index contributed by atoms with van der Waals surface area (Å²) >= 11 is 3.17. The zero-order valence-electron chi connectivity index (χ0n) is 13.0. The Hall–Kier alpha value is -2.69. The van der Waals surface area contributed by atoms with E-state index in [2.05, 4.69) is 31.3 Å². The van der Waals surface area contributed by atoms with Crippen molar-refractivity contribution < 1.29 is 23.9 Å². The van der Waals surface area contributed by atoms with Crippen LogP contribution in [0.15, 0.2) is 10.5 Å². The van der Waals surface area contributed by atoms with Gasteiger partial charge in [-0.3, -0.25) is 10.1 Å². The van der Waals surface area contributed by atoms with E-state index in [0.717, 1.165) is 0 Å². The summed E-state index contributed by atoms with van der Waals surface area (Å²) in [7, 11) is 2.71. The highest BCUT2D eigenvalue weighted by molar-refractivity contribution is 9.10. The smallest absolute Gasteiger partial charge is 0.361 e. The molecule has 0 saturated carbocycles. The third-order valence-electron chi connectivity index (χ3n) is 3.04. The average molecular weight is 401 g/mol. The lowest BCUT2D eigenvalue weighted by Crippen LogP contribution is -2.08. The first-order valence-electron chi connectivity index (χ1n) is 6.63. The number of nitro benzene ring substituents is 1. The summed E-state index contributed by atoms with van der Waals surface area (Å²) in [5.41, 5.74) is -0.210. The first-order chi connectivity index (χ1) is 11.5. The molecule has 128 valence electrons. The Bertz CT molecular complexity index is 791. The molecule has 0 radical (unpaired) electrons. The molecule has 0 saturated heterocycles. The number of nitrogens with zero attached hydrogens (tertiary/aromatic N) is 3. The number of carbonyl (C=O) groups is 1. The van der Waals surface area contributed by atoms with E-state index in [1.807, 2.05) is 0 Å². The Kier molecular flexibility index (Phi) is 5.34. The summed E-state index contributed by atoms with van der Waals surface area (Å²) in [5, 5.41) is 21.3. The molecule has 0 aliphatic heterocycles. The summed E-state index contributed by atoms with van der Waals surface area (Å²) in [4.78, 5) is 22.7. The molecule has 1 aromatic carbocycles. The van der Waals surface area contributed by atoms with Crippen molar-refractivity contribution in [2.75, 3.05) is 20.8 Å². The fraction of sp³-hybridized carbons (Fsp3) is 0.308. The minimum atomic E-state index is -0.722. The maximum atomic E-state index is 12.0. The molecule has 0 unspecified atom stereocenters. The molecule has 1 heterocycles. The minimum absolute atomic E-state index is 0.0409. The fourth-order valence-corrected chi connectivity index (χ4v) is 2.68. The summed E-state index contributed by atoms with van der Waals surface area (Å²) in [6.07, 6.45) is 0. The number of H-pyrrole nitrogens is 1. The molecule has 1 N–H and O–H groups in total. The maximum Gasteiger partial charge on any atom is 0.361 e. The van der Waals surface area contributed by atoms with Gasteiger partial charge in [0.25, 0.3) is 5.69 Å². The van der Waals surface area contributed by atoms with Crippen LogP contribution >= 0.6 is 15.9 Å². The Morgan fingerprint density at radius 2 is 2.08 bits per heavy atom. The van der Waals surface area contributed by atoms with Crippen LogP contribution in [0.5, 0.6) is 11.5 Å². The van der Waals surface area contributed by atoms with Crippen LogP contribution in [0, 0.1) is 10.1 Å². The number of aromatic nitrogens is 3. The molecule has 1 aromatic heterocycles. The minimum Gasteiger partial charge on any atom is -0.493 e. The average Bonchev–Trinajstić information content (AvgIpc) is 3.03. The summed E-state index contributed by atoms with van der Waals surface area (Å²) in [6.45, 7) is 1.78. The van der Waals surface area contributed by atoms with Gasteiger partial charge in [0.2, 0.25) is 0 Å². The number of ether oxygens (including phenoxy) is 3. The molecule has 11 heteroatoms. The predicted octanol–water partition coefficient (Wildman–Crippen LogP) is 2.34. The number of carbonyl (C=O) groups excluding carboxylic acids is 1. The van der Waals surface area contributed by atoms with E-state index in [1.54, 1.807) is 6.92 Å². The SMILES string of the molecule is CCOC(=O)c1n[nH]nc1-c1c(Br)c([N+](=O)[O-])cc(OC)c1OC. The number of aromatic amines is 1. The van der Waals surface area contributed by atoms with Gasteiger partial charge in [0.15, 0.2) is 17.2 Å². The number of nitrogens with one attached hydrogen (secondary N) is 1. The Morgan fingerprint density at radius 1 is 1.38 bits per heavy atom. The number of nitro groups is 1. The van der Waals surface area contributed by atoms with Crippen LogP contribution in [-0.4, -0.2) is 47.1 Å². The zero-order chi connectivity index (χ0) is 17.9. The number of esters is 1. The van der Waals surface area contributed by atoms with Crippen molar-refractivity contribution in [3.05, 3.63) is 26.3 Å². The lowest BCUT2D eigenvalue weighted by atomic mass is 10.1. The van der Waals surface area contributed by atoms with Gasteiger partial charge in [0.1, 0.15) is 10.2 Å². The molecule has 0 aliphatic rings. The zero-order valence-corrected chi connectivity index (χ0v) is 14.5. The van der Waals surface area contributed by atoms with E-state index in [4.69, 9.17) is 14.2 Å². The van der Waals surface area contributed by atoms with E-state index in [1.165, 1.54) is 20.3 Å². The maximum absolute atomic E-state index is 12.0. The van der Waals surface area contributed by atoms with Gasteiger partial charge in [0, 0.05) is 0 Å². The van der Waals surface area contributed by atoms with Crippen LogP contribution in [0.1, 0.15) is 17.4 Å². The summed E-state index contributed by atoms with van der Waals surface area (Å²) in [5.74, 6) is -0.449. The monoisotopic (exact) mass is 400 g/mol. The van der Waals surface area contributed by atoms with Gasteiger partial charge in [-0.2, -0.15) is 10.3 Å². The lowest BCUT2D eigenvalue weighted by Gasteiger charge is -2.13. The Labute approximate surface area is 144 Å². The van der Waals surface area contributed by atoms with Crippen LogP contribution in [0.4, 0.5) is 5.69 Å². The van der Waals surface area contributed by atoms with Gasteiger partial charge in [-0.05, 0) is 22.9 Å². The normalized spacial score (nSPS) is 10.3. The first-order valence-corrected chi connectivity index (χ1v) is 7.42. The second-order valence-corrected chi connectivity index (χ2v) is 5.11.